The highest BCUT2D eigenvalue weighted by Gasteiger charge is 2.10. The van der Waals surface area contributed by atoms with Gasteiger partial charge in [-0.15, -0.1) is 0 Å². The molecule has 5 heteroatoms. The van der Waals surface area contributed by atoms with Gasteiger partial charge in [-0.05, 0) is 34.6 Å². The van der Waals surface area contributed by atoms with Crippen molar-refractivity contribution in [3.05, 3.63) is 28.2 Å². The zero-order chi connectivity index (χ0) is 13.0. The molecule has 1 aromatic carbocycles. The average molecular weight is 300 g/mol. The molecule has 0 radical (unpaired) electrons. The van der Waals surface area contributed by atoms with Crippen LogP contribution in [0.3, 0.4) is 0 Å². The highest BCUT2D eigenvalue weighted by molar-refractivity contribution is 9.10. The van der Waals surface area contributed by atoms with Gasteiger partial charge in [-0.3, -0.25) is 9.69 Å². The summed E-state index contributed by atoms with van der Waals surface area (Å²) in [6.45, 7) is 1.08. The van der Waals surface area contributed by atoms with Crippen LogP contribution in [0.4, 0.5) is 5.69 Å². The number of amides is 1. The normalized spacial score (nSPS) is 10.6. The van der Waals surface area contributed by atoms with Crippen LogP contribution in [-0.4, -0.2) is 43.4 Å². The van der Waals surface area contributed by atoms with Crippen LogP contribution in [0.1, 0.15) is 5.56 Å². The average Bonchev–Trinajstić information content (AvgIpc) is 2.24. The van der Waals surface area contributed by atoms with E-state index in [2.05, 4.69) is 15.9 Å². The summed E-state index contributed by atoms with van der Waals surface area (Å²) in [7, 11) is 5.43. The molecule has 0 aromatic heterocycles. The molecule has 94 valence electrons. The molecule has 0 bridgehead atoms. The van der Waals surface area contributed by atoms with Crippen molar-refractivity contribution in [3.63, 3.8) is 0 Å². The van der Waals surface area contributed by atoms with E-state index in [-0.39, 0.29) is 5.91 Å². The van der Waals surface area contributed by atoms with Gasteiger partial charge in [-0.25, -0.2) is 0 Å². The number of hydrogen-bond donors (Lipinski definition) is 1. The summed E-state index contributed by atoms with van der Waals surface area (Å²) < 4.78 is 0.907. The van der Waals surface area contributed by atoms with Gasteiger partial charge >= 0.3 is 0 Å². The second kappa shape index (κ2) is 6.02. The van der Waals surface area contributed by atoms with Gasteiger partial charge in [0.1, 0.15) is 0 Å². The first kappa shape index (κ1) is 14.0. The summed E-state index contributed by atoms with van der Waals surface area (Å²) in [5, 5.41) is 0. The van der Waals surface area contributed by atoms with Crippen LogP contribution >= 0.6 is 15.9 Å². The fourth-order valence-corrected chi connectivity index (χ4v) is 1.83. The Labute approximate surface area is 111 Å². The summed E-state index contributed by atoms with van der Waals surface area (Å²) in [6, 6.07) is 5.76. The number of rotatable bonds is 4. The number of hydrogen-bond acceptors (Lipinski definition) is 3. The number of carbonyl (C=O) groups excluding carboxylic acids is 1. The zero-order valence-corrected chi connectivity index (χ0v) is 12.0. The minimum Gasteiger partial charge on any atom is -0.398 e. The van der Waals surface area contributed by atoms with Gasteiger partial charge in [0.2, 0.25) is 5.91 Å². The van der Waals surface area contributed by atoms with Gasteiger partial charge in [-0.2, -0.15) is 0 Å². The quantitative estimate of drug-likeness (QED) is 0.858. The third kappa shape index (κ3) is 4.02. The van der Waals surface area contributed by atoms with Crippen molar-refractivity contribution in [2.75, 3.05) is 33.4 Å². The molecule has 0 aliphatic rings. The van der Waals surface area contributed by atoms with Gasteiger partial charge in [0.05, 0.1) is 6.54 Å². The highest BCUT2D eigenvalue weighted by atomic mass is 79.9. The number of anilines is 1. The molecule has 0 fully saturated rings. The van der Waals surface area contributed by atoms with Gasteiger partial charge in [0.15, 0.2) is 0 Å². The van der Waals surface area contributed by atoms with Crippen LogP contribution in [0, 0.1) is 0 Å². The molecule has 0 unspecified atom stereocenters. The van der Waals surface area contributed by atoms with E-state index in [0.29, 0.717) is 13.1 Å². The van der Waals surface area contributed by atoms with Crippen LogP contribution in [-0.2, 0) is 11.3 Å². The molecule has 0 saturated carbocycles. The number of nitrogens with zero attached hydrogens (tertiary/aromatic N) is 2. The minimum absolute atomic E-state index is 0.0903. The van der Waals surface area contributed by atoms with Crippen LogP contribution < -0.4 is 5.73 Å². The number of nitrogens with two attached hydrogens (primary N) is 1. The van der Waals surface area contributed by atoms with Crippen molar-refractivity contribution in [1.29, 1.82) is 0 Å². The Balaban J connectivity index is 2.65. The molecule has 1 amide bonds. The van der Waals surface area contributed by atoms with Crippen molar-refractivity contribution in [3.8, 4) is 0 Å². The Morgan fingerprint density at radius 3 is 2.59 bits per heavy atom. The monoisotopic (exact) mass is 299 g/mol. The summed E-state index contributed by atoms with van der Waals surface area (Å²) in [4.78, 5) is 15.1. The Kier molecular flexibility index (Phi) is 4.96. The maximum absolute atomic E-state index is 11.5. The van der Waals surface area contributed by atoms with Crippen LogP contribution in [0.15, 0.2) is 22.7 Å². The topological polar surface area (TPSA) is 49.6 Å². The molecule has 0 spiro atoms. The number of likely N-dealkylation sites (N-methyl/N-ethyl adjacent to an activating group) is 2. The largest absolute Gasteiger partial charge is 0.398 e. The van der Waals surface area contributed by atoms with Crippen LogP contribution in [0.25, 0.3) is 0 Å². The van der Waals surface area contributed by atoms with Gasteiger partial charge < -0.3 is 10.6 Å². The fourth-order valence-electron chi connectivity index (χ4n) is 1.44. The van der Waals surface area contributed by atoms with E-state index in [1.807, 2.05) is 30.1 Å². The summed E-state index contributed by atoms with van der Waals surface area (Å²) in [6.07, 6.45) is 0. The predicted octanol–water partition coefficient (Wildman–Crippen LogP) is 1.55. The lowest BCUT2D eigenvalue weighted by Gasteiger charge is -2.19. The fraction of sp³-hybridized carbons (Fsp3) is 0.417. The maximum atomic E-state index is 11.5. The van der Waals surface area contributed by atoms with Crippen molar-refractivity contribution < 1.29 is 4.79 Å². The number of benzene rings is 1. The van der Waals surface area contributed by atoms with Crippen molar-refractivity contribution in [2.24, 2.45) is 0 Å². The molecule has 0 atom stereocenters. The molecule has 0 aliphatic heterocycles. The molecule has 0 saturated heterocycles. The van der Waals surface area contributed by atoms with Crippen LogP contribution in [0.2, 0.25) is 0 Å². The summed E-state index contributed by atoms with van der Waals surface area (Å²) >= 11 is 3.46. The first-order valence-corrected chi connectivity index (χ1v) is 6.12. The predicted molar refractivity (Wildman–Crippen MR) is 73.6 cm³/mol. The lowest BCUT2D eigenvalue weighted by molar-refractivity contribution is -0.129. The molecular formula is C12H18BrN3O. The lowest BCUT2D eigenvalue weighted by Crippen LogP contribution is -2.34. The van der Waals surface area contributed by atoms with Crippen molar-refractivity contribution >= 4 is 27.5 Å². The smallest absolute Gasteiger partial charge is 0.236 e. The molecule has 4 nitrogen and oxygen atoms in total. The van der Waals surface area contributed by atoms with E-state index in [4.69, 9.17) is 5.73 Å². The Bertz CT molecular complexity index is 407. The van der Waals surface area contributed by atoms with E-state index in [1.54, 1.807) is 19.0 Å². The Morgan fingerprint density at radius 1 is 1.35 bits per heavy atom. The molecule has 2 N–H and O–H groups in total. The van der Waals surface area contributed by atoms with Crippen molar-refractivity contribution in [2.45, 2.75) is 6.54 Å². The standard InChI is InChI=1S/C12H18BrN3O/c1-15(2)11(17)8-16(3)7-9-5-4-6-10(14)12(9)13/h4-6H,7-8,14H2,1-3H3. The van der Waals surface area contributed by atoms with Gasteiger partial charge in [0, 0.05) is 30.8 Å². The molecule has 1 aromatic rings. The van der Waals surface area contributed by atoms with E-state index in [9.17, 15) is 4.79 Å². The van der Waals surface area contributed by atoms with E-state index in [1.165, 1.54) is 0 Å². The second-order valence-electron chi connectivity index (χ2n) is 4.28. The second-order valence-corrected chi connectivity index (χ2v) is 5.07. The molecule has 0 aliphatic carbocycles. The number of halogens is 1. The molecule has 1 rings (SSSR count). The SMILES string of the molecule is CN(CC(=O)N(C)C)Cc1cccc(N)c1Br. The van der Waals surface area contributed by atoms with Crippen LogP contribution in [0.5, 0.6) is 0 Å². The number of carbonyl (C=O) groups is 1. The van der Waals surface area contributed by atoms with E-state index >= 15 is 0 Å². The third-order valence-corrected chi connectivity index (χ3v) is 3.42. The number of nitrogen functional groups attached to an aromatic ring is 1. The van der Waals surface area contributed by atoms with Crippen molar-refractivity contribution in [1.82, 2.24) is 9.80 Å². The lowest BCUT2D eigenvalue weighted by atomic mass is 10.2. The molecule has 0 heterocycles. The first-order chi connectivity index (χ1) is 7.91. The molecule has 17 heavy (non-hydrogen) atoms. The maximum Gasteiger partial charge on any atom is 0.236 e. The minimum atomic E-state index is 0.0903. The van der Waals surface area contributed by atoms with Gasteiger partial charge in [0.25, 0.3) is 0 Å². The Hall–Kier alpha value is -1.07. The zero-order valence-electron chi connectivity index (χ0n) is 10.4. The van der Waals surface area contributed by atoms with Gasteiger partial charge in [-0.1, -0.05) is 12.1 Å². The summed E-state index contributed by atoms with van der Waals surface area (Å²) in [5.41, 5.74) is 7.61. The molecular weight excluding hydrogens is 282 g/mol. The first-order valence-electron chi connectivity index (χ1n) is 5.33. The van der Waals surface area contributed by atoms with E-state index in [0.717, 1.165) is 15.7 Å². The highest BCUT2D eigenvalue weighted by Crippen LogP contribution is 2.24. The van der Waals surface area contributed by atoms with E-state index < -0.39 is 0 Å². The third-order valence-electron chi connectivity index (χ3n) is 2.45. The Morgan fingerprint density at radius 2 is 2.00 bits per heavy atom. The summed E-state index contributed by atoms with van der Waals surface area (Å²) in [5.74, 6) is 0.0903.